The van der Waals surface area contributed by atoms with E-state index in [-0.39, 0.29) is 16.8 Å². The molecule has 1 aliphatic heterocycles. The molecule has 0 saturated carbocycles. The molecule has 1 saturated heterocycles. The van der Waals surface area contributed by atoms with Crippen molar-refractivity contribution in [2.24, 2.45) is 0 Å². The first kappa shape index (κ1) is 23.3. The van der Waals surface area contributed by atoms with E-state index in [0.29, 0.717) is 16.5 Å². The van der Waals surface area contributed by atoms with Crippen molar-refractivity contribution >= 4 is 39.6 Å². The summed E-state index contributed by atoms with van der Waals surface area (Å²) < 4.78 is 0. The van der Waals surface area contributed by atoms with Crippen LogP contribution in [-0.2, 0) is 9.59 Å². The van der Waals surface area contributed by atoms with Crippen LogP contribution in [0.4, 0.5) is 11.4 Å². The molecule has 0 bridgehead atoms. The Kier molecular flexibility index (Phi) is 5.62. The van der Waals surface area contributed by atoms with E-state index in [1.54, 1.807) is 24.3 Å². The third kappa shape index (κ3) is 3.83. The van der Waals surface area contributed by atoms with Gasteiger partial charge in [-0.1, -0.05) is 48.5 Å². The number of hydrogen-bond donors (Lipinski definition) is 2. The maximum absolute atomic E-state index is 13.4. The molecular formula is C28H17N3O6. The molecule has 0 spiro atoms. The van der Waals surface area contributed by atoms with Crippen molar-refractivity contribution in [2.45, 2.75) is 6.04 Å². The molecule has 1 atom stereocenters. The molecule has 180 valence electrons. The smallest absolute Gasteiger partial charge is 0.311 e. The number of aromatic hydroxyl groups is 1. The summed E-state index contributed by atoms with van der Waals surface area (Å²) in [7, 11) is 0. The van der Waals surface area contributed by atoms with Gasteiger partial charge in [0.05, 0.1) is 28.2 Å². The molecule has 5 rings (SSSR count). The summed E-state index contributed by atoms with van der Waals surface area (Å²) in [5.41, 5.74) is 0.148. The zero-order chi connectivity index (χ0) is 26.3. The number of hydrogen-bond acceptors (Lipinski definition) is 7. The highest BCUT2D eigenvalue weighted by Crippen LogP contribution is 2.44. The molecule has 4 aromatic rings. The number of phenols is 1. The van der Waals surface area contributed by atoms with Crippen LogP contribution < -0.4 is 4.90 Å². The third-order valence-corrected chi connectivity index (χ3v) is 6.28. The van der Waals surface area contributed by atoms with Crippen molar-refractivity contribution in [1.29, 1.82) is 5.26 Å². The lowest BCUT2D eigenvalue weighted by atomic mass is 9.93. The lowest BCUT2D eigenvalue weighted by Crippen LogP contribution is -2.29. The van der Waals surface area contributed by atoms with Crippen LogP contribution in [0.5, 0.6) is 5.75 Å². The monoisotopic (exact) mass is 491 g/mol. The number of carbonyl (C=O) groups excluding carboxylic acids is 2. The number of nitro benzene ring substituents is 1. The van der Waals surface area contributed by atoms with E-state index >= 15 is 0 Å². The number of amides is 1. The van der Waals surface area contributed by atoms with Gasteiger partial charge in [0.15, 0.2) is 5.75 Å². The highest BCUT2D eigenvalue weighted by molar-refractivity contribution is 6.51. The number of benzene rings is 4. The van der Waals surface area contributed by atoms with Crippen LogP contribution in [0.1, 0.15) is 22.7 Å². The third-order valence-electron chi connectivity index (χ3n) is 6.28. The molecule has 9 heteroatoms. The molecule has 1 heterocycles. The summed E-state index contributed by atoms with van der Waals surface area (Å²) in [6, 6.07) is 22.5. The first-order valence-corrected chi connectivity index (χ1v) is 11.1. The Balaban J connectivity index is 1.79. The van der Waals surface area contributed by atoms with Crippen LogP contribution in [-0.4, -0.2) is 26.8 Å². The van der Waals surface area contributed by atoms with E-state index < -0.39 is 39.9 Å². The normalized spacial score (nSPS) is 16.6. The van der Waals surface area contributed by atoms with Gasteiger partial charge in [0, 0.05) is 17.3 Å². The van der Waals surface area contributed by atoms with Crippen molar-refractivity contribution in [1.82, 2.24) is 0 Å². The van der Waals surface area contributed by atoms with Gasteiger partial charge in [0.1, 0.15) is 5.76 Å². The number of nitrogens with zero attached hydrogens (tertiary/aromatic N) is 3. The van der Waals surface area contributed by atoms with E-state index in [2.05, 4.69) is 0 Å². The number of aliphatic hydroxyl groups is 1. The number of phenolic OH excluding ortho intramolecular Hbond substituents is 1. The molecule has 0 radical (unpaired) electrons. The summed E-state index contributed by atoms with van der Waals surface area (Å²) in [5.74, 6) is -2.95. The minimum absolute atomic E-state index is 0.134. The summed E-state index contributed by atoms with van der Waals surface area (Å²) in [6.07, 6.45) is 0. The Morgan fingerprint density at radius 3 is 2.38 bits per heavy atom. The van der Waals surface area contributed by atoms with Crippen molar-refractivity contribution in [3.63, 3.8) is 0 Å². The number of nitriles is 1. The fourth-order valence-electron chi connectivity index (χ4n) is 4.54. The van der Waals surface area contributed by atoms with Gasteiger partial charge in [0.2, 0.25) is 0 Å². The van der Waals surface area contributed by atoms with Crippen LogP contribution in [0, 0.1) is 21.4 Å². The minimum atomic E-state index is -1.24. The number of carbonyl (C=O) groups is 2. The summed E-state index contributed by atoms with van der Waals surface area (Å²) >= 11 is 0. The predicted molar refractivity (Wildman–Crippen MR) is 135 cm³/mol. The molecule has 2 N–H and O–H groups in total. The van der Waals surface area contributed by atoms with E-state index in [0.717, 1.165) is 22.4 Å². The zero-order valence-electron chi connectivity index (χ0n) is 19.0. The molecule has 0 aromatic heterocycles. The Morgan fingerprint density at radius 1 is 0.973 bits per heavy atom. The fourth-order valence-corrected chi connectivity index (χ4v) is 4.54. The summed E-state index contributed by atoms with van der Waals surface area (Å²) in [5, 5.41) is 43.6. The van der Waals surface area contributed by atoms with Crippen molar-refractivity contribution < 1.29 is 24.7 Å². The number of Topliss-reactive ketones (excluding diaryl/α,β-unsaturated/α-hetero) is 1. The Hall–Kier alpha value is -5.49. The van der Waals surface area contributed by atoms with Gasteiger partial charge < -0.3 is 10.2 Å². The van der Waals surface area contributed by atoms with Crippen LogP contribution in [0.3, 0.4) is 0 Å². The largest absolute Gasteiger partial charge is 0.507 e. The summed E-state index contributed by atoms with van der Waals surface area (Å²) in [4.78, 5) is 38.6. The van der Waals surface area contributed by atoms with E-state index in [9.17, 15) is 29.9 Å². The predicted octanol–water partition coefficient (Wildman–Crippen LogP) is 4.95. The van der Waals surface area contributed by atoms with Gasteiger partial charge in [-0.25, -0.2) is 0 Å². The van der Waals surface area contributed by atoms with E-state index in [1.807, 2.05) is 24.3 Å². The Labute approximate surface area is 209 Å². The highest BCUT2D eigenvalue weighted by atomic mass is 16.6. The maximum atomic E-state index is 13.4. The van der Waals surface area contributed by atoms with Crippen LogP contribution in [0.15, 0.2) is 90.5 Å². The first-order valence-electron chi connectivity index (χ1n) is 11.1. The molecule has 1 amide bonds. The lowest BCUT2D eigenvalue weighted by Gasteiger charge is -2.25. The molecule has 1 aliphatic rings. The summed E-state index contributed by atoms with van der Waals surface area (Å²) in [6.45, 7) is 0. The molecule has 37 heavy (non-hydrogen) atoms. The number of anilines is 1. The van der Waals surface area contributed by atoms with Gasteiger partial charge in [-0.3, -0.25) is 24.6 Å². The van der Waals surface area contributed by atoms with E-state index in [1.165, 1.54) is 30.3 Å². The van der Waals surface area contributed by atoms with Gasteiger partial charge in [-0.2, -0.15) is 5.26 Å². The SMILES string of the molecule is N#Cc1ccc(N2C(=O)C(=O)/C(=C(/O)c3cccc4ccccc34)C2c2ccc(O)c([N+](=O)[O-])c2)cc1. The molecular weight excluding hydrogens is 474 g/mol. The Morgan fingerprint density at radius 2 is 1.68 bits per heavy atom. The molecule has 0 aliphatic carbocycles. The van der Waals surface area contributed by atoms with Gasteiger partial charge in [-0.15, -0.1) is 0 Å². The van der Waals surface area contributed by atoms with Crippen molar-refractivity contribution in [3.05, 3.63) is 117 Å². The van der Waals surface area contributed by atoms with E-state index in [4.69, 9.17) is 5.26 Å². The highest BCUT2D eigenvalue weighted by Gasteiger charge is 2.47. The Bertz CT molecular complexity index is 1680. The number of rotatable bonds is 4. The number of nitro groups is 1. The standard InChI is InChI=1S/C28H17N3O6/c29-15-16-8-11-19(12-9-16)30-25(18-10-13-23(32)22(14-18)31(36)37)24(27(34)28(30)35)26(33)21-7-3-5-17-4-1-2-6-20(17)21/h1-14,25,32-33H/b26-24+. The van der Waals surface area contributed by atoms with Crippen molar-refractivity contribution in [2.75, 3.05) is 4.90 Å². The van der Waals surface area contributed by atoms with Gasteiger partial charge >= 0.3 is 5.69 Å². The van der Waals surface area contributed by atoms with Crippen molar-refractivity contribution in [3.8, 4) is 11.8 Å². The first-order chi connectivity index (χ1) is 17.8. The maximum Gasteiger partial charge on any atom is 0.311 e. The molecule has 1 unspecified atom stereocenters. The second-order valence-corrected chi connectivity index (χ2v) is 8.36. The molecule has 4 aromatic carbocycles. The molecule has 9 nitrogen and oxygen atoms in total. The average Bonchev–Trinajstić information content (AvgIpc) is 3.18. The molecule has 1 fully saturated rings. The topological polar surface area (TPSA) is 145 Å². The van der Waals surface area contributed by atoms with Crippen LogP contribution in [0.25, 0.3) is 16.5 Å². The fraction of sp³-hybridized carbons (Fsp3) is 0.0357. The zero-order valence-corrected chi connectivity index (χ0v) is 19.0. The lowest BCUT2D eigenvalue weighted by molar-refractivity contribution is -0.385. The average molecular weight is 491 g/mol. The quantitative estimate of drug-likeness (QED) is 0.135. The number of fused-ring (bicyclic) bond motifs is 1. The minimum Gasteiger partial charge on any atom is -0.507 e. The second-order valence-electron chi connectivity index (χ2n) is 8.36. The van der Waals surface area contributed by atoms with Crippen LogP contribution >= 0.6 is 0 Å². The van der Waals surface area contributed by atoms with Crippen LogP contribution in [0.2, 0.25) is 0 Å². The second kappa shape index (κ2) is 8.94. The number of aliphatic hydroxyl groups excluding tert-OH is 1. The van der Waals surface area contributed by atoms with Gasteiger partial charge in [0.25, 0.3) is 11.7 Å². The van der Waals surface area contributed by atoms with Gasteiger partial charge in [-0.05, 0) is 46.7 Å². The number of ketones is 1.